The van der Waals surface area contributed by atoms with Gasteiger partial charge in [0.25, 0.3) is 5.91 Å². The molecule has 1 fully saturated rings. The van der Waals surface area contributed by atoms with Gasteiger partial charge in [0, 0.05) is 33.3 Å². The highest BCUT2D eigenvalue weighted by Gasteiger charge is 2.27. The summed E-state index contributed by atoms with van der Waals surface area (Å²) in [5.41, 5.74) is 2.18. The van der Waals surface area contributed by atoms with Crippen molar-refractivity contribution in [3.63, 3.8) is 0 Å². The van der Waals surface area contributed by atoms with E-state index in [0.29, 0.717) is 6.61 Å². The summed E-state index contributed by atoms with van der Waals surface area (Å²) in [7, 11) is 3.67. The van der Waals surface area contributed by atoms with Crippen molar-refractivity contribution in [1.82, 2.24) is 15.2 Å². The maximum absolute atomic E-state index is 11.5. The fourth-order valence-corrected chi connectivity index (χ4v) is 1.73. The van der Waals surface area contributed by atoms with Gasteiger partial charge in [-0.05, 0) is 7.05 Å². The van der Waals surface area contributed by atoms with Crippen LogP contribution in [0, 0.1) is 0 Å². The molecule has 1 unspecified atom stereocenters. The van der Waals surface area contributed by atoms with Crippen LogP contribution in [0.5, 0.6) is 0 Å². The van der Waals surface area contributed by atoms with Crippen molar-refractivity contribution >= 4 is 5.91 Å². The van der Waals surface area contributed by atoms with Crippen LogP contribution in [0.4, 0.5) is 0 Å². The lowest BCUT2D eigenvalue weighted by Crippen LogP contribution is -2.56. The van der Waals surface area contributed by atoms with Gasteiger partial charge in [-0.1, -0.05) is 0 Å². The van der Waals surface area contributed by atoms with E-state index in [1.54, 1.807) is 7.11 Å². The fraction of sp³-hybridized carbons (Fsp3) is 0.889. The van der Waals surface area contributed by atoms with Crippen molar-refractivity contribution in [3.8, 4) is 0 Å². The Morgan fingerprint density at radius 3 is 2.53 bits per heavy atom. The van der Waals surface area contributed by atoms with Gasteiger partial charge in [0.05, 0.1) is 6.61 Å². The van der Waals surface area contributed by atoms with Crippen molar-refractivity contribution < 1.29 is 9.53 Å². The predicted octanol–water partition coefficient (Wildman–Crippen LogP) is -1.76. The number of nitrogens with one attached hydrogen (secondary N) is 1. The molecule has 15 heavy (non-hydrogen) atoms. The summed E-state index contributed by atoms with van der Waals surface area (Å²) < 4.78 is 5.04. The highest BCUT2D eigenvalue weighted by molar-refractivity contribution is 5.81. The number of carbonyl (C=O) groups excluding carboxylic acids is 1. The van der Waals surface area contributed by atoms with E-state index in [1.807, 2.05) is 0 Å². The Balaban J connectivity index is 2.51. The zero-order valence-corrected chi connectivity index (χ0v) is 9.40. The van der Waals surface area contributed by atoms with E-state index in [1.165, 1.54) is 0 Å². The average Bonchev–Trinajstić information content (AvgIpc) is 2.26. The first-order valence-electron chi connectivity index (χ1n) is 5.11. The Kier molecular flexibility index (Phi) is 4.97. The van der Waals surface area contributed by atoms with E-state index in [0.717, 1.165) is 26.2 Å². The van der Waals surface area contributed by atoms with Gasteiger partial charge in [0.1, 0.15) is 6.04 Å². The summed E-state index contributed by atoms with van der Waals surface area (Å²) in [5.74, 6) is 4.97. The van der Waals surface area contributed by atoms with Gasteiger partial charge < -0.3 is 9.64 Å². The van der Waals surface area contributed by atoms with Gasteiger partial charge in [-0.3, -0.25) is 15.1 Å². The molecule has 0 bridgehead atoms. The van der Waals surface area contributed by atoms with Crippen LogP contribution < -0.4 is 11.3 Å². The Morgan fingerprint density at radius 2 is 2.07 bits per heavy atom. The third-order valence-corrected chi connectivity index (χ3v) is 2.75. The normalized spacial score (nSPS) is 21.3. The molecule has 6 heteroatoms. The minimum absolute atomic E-state index is 0.179. The van der Waals surface area contributed by atoms with E-state index in [4.69, 9.17) is 10.6 Å². The molecule has 0 saturated carbocycles. The first-order chi connectivity index (χ1) is 7.19. The molecule has 1 heterocycles. The molecule has 1 amide bonds. The Morgan fingerprint density at radius 1 is 1.47 bits per heavy atom. The van der Waals surface area contributed by atoms with Crippen LogP contribution in [-0.4, -0.2) is 68.7 Å². The Labute approximate surface area is 90.3 Å². The minimum atomic E-state index is -0.270. The zero-order chi connectivity index (χ0) is 11.3. The molecule has 0 aromatic rings. The monoisotopic (exact) mass is 216 g/mol. The lowest BCUT2D eigenvalue weighted by molar-refractivity contribution is -0.129. The Bertz CT molecular complexity index is 204. The quantitative estimate of drug-likeness (QED) is 0.331. The third-order valence-electron chi connectivity index (χ3n) is 2.75. The van der Waals surface area contributed by atoms with Gasteiger partial charge in [-0.25, -0.2) is 5.84 Å². The number of methoxy groups -OCH3 is 1. The molecule has 1 aliphatic rings. The molecular formula is C9H20N4O2. The summed E-state index contributed by atoms with van der Waals surface area (Å²) in [6.07, 6.45) is 0. The van der Waals surface area contributed by atoms with Gasteiger partial charge in [0.15, 0.2) is 0 Å². The van der Waals surface area contributed by atoms with E-state index in [-0.39, 0.29) is 11.9 Å². The summed E-state index contributed by atoms with van der Waals surface area (Å²) in [6, 6.07) is -0.270. The second-order valence-corrected chi connectivity index (χ2v) is 3.82. The number of nitrogens with two attached hydrogens (primary N) is 1. The van der Waals surface area contributed by atoms with E-state index in [2.05, 4.69) is 22.3 Å². The van der Waals surface area contributed by atoms with E-state index in [9.17, 15) is 4.79 Å². The molecule has 0 aliphatic carbocycles. The lowest BCUT2D eigenvalue weighted by atomic mass is 10.2. The standard InChI is InChI=1S/C9H20N4O2/c1-12-3-5-13(6-4-12)8(7-15-2)9(14)11-10/h8H,3-7,10H2,1-2H3,(H,11,14). The molecule has 1 atom stereocenters. The van der Waals surface area contributed by atoms with Gasteiger partial charge in [0.2, 0.25) is 0 Å². The molecule has 1 saturated heterocycles. The third kappa shape index (κ3) is 3.42. The largest absolute Gasteiger partial charge is 0.383 e. The minimum Gasteiger partial charge on any atom is -0.383 e. The van der Waals surface area contributed by atoms with Crippen LogP contribution in [0.2, 0.25) is 0 Å². The van der Waals surface area contributed by atoms with Gasteiger partial charge in [-0.15, -0.1) is 0 Å². The summed E-state index contributed by atoms with van der Waals surface area (Å²) >= 11 is 0. The number of likely N-dealkylation sites (N-methyl/N-ethyl adjacent to an activating group) is 1. The number of ether oxygens (including phenoxy) is 1. The molecule has 1 rings (SSSR count). The summed E-state index contributed by atoms with van der Waals surface area (Å²) in [5, 5.41) is 0. The van der Waals surface area contributed by atoms with Crippen LogP contribution in [0.1, 0.15) is 0 Å². The molecule has 88 valence electrons. The smallest absolute Gasteiger partial charge is 0.253 e. The van der Waals surface area contributed by atoms with E-state index < -0.39 is 0 Å². The molecule has 0 aromatic heterocycles. The zero-order valence-electron chi connectivity index (χ0n) is 9.40. The molecule has 0 radical (unpaired) electrons. The van der Waals surface area contributed by atoms with Gasteiger partial charge in [-0.2, -0.15) is 0 Å². The average molecular weight is 216 g/mol. The van der Waals surface area contributed by atoms with Crippen LogP contribution >= 0.6 is 0 Å². The van der Waals surface area contributed by atoms with Gasteiger partial charge >= 0.3 is 0 Å². The Hall–Kier alpha value is -0.690. The highest BCUT2D eigenvalue weighted by Crippen LogP contribution is 2.05. The number of hydrogen-bond acceptors (Lipinski definition) is 5. The van der Waals surface area contributed by atoms with Crippen LogP contribution in [-0.2, 0) is 9.53 Å². The van der Waals surface area contributed by atoms with Crippen molar-refractivity contribution in [2.24, 2.45) is 5.84 Å². The number of rotatable bonds is 4. The molecule has 0 spiro atoms. The number of piperazine rings is 1. The number of amides is 1. The molecule has 6 nitrogen and oxygen atoms in total. The van der Waals surface area contributed by atoms with Crippen molar-refractivity contribution in [3.05, 3.63) is 0 Å². The van der Waals surface area contributed by atoms with Crippen LogP contribution in [0.3, 0.4) is 0 Å². The van der Waals surface area contributed by atoms with Crippen molar-refractivity contribution in [2.45, 2.75) is 6.04 Å². The second-order valence-electron chi connectivity index (χ2n) is 3.82. The topological polar surface area (TPSA) is 70.8 Å². The van der Waals surface area contributed by atoms with Crippen molar-refractivity contribution in [2.75, 3.05) is 46.9 Å². The second kappa shape index (κ2) is 6.02. The summed E-state index contributed by atoms with van der Waals surface area (Å²) in [4.78, 5) is 15.9. The van der Waals surface area contributed by atoms with Crippen LogP contribution in [0.15, 0.2) is 0 Å². The number of hydrogen-bond donors (Lipinski definition) is 2. The number of nitrogens with zero attached hydrogens (tertiary/aromatic N) is 2. The molecule has 0 aromatic carbocycles. The first kappa shape index (κ1) is 12.4. The van der Waals surface area contributed by atoms with Crippen LogP contribution in [0.25, 0.3) is 0 Å². The van der Waals surface area contributed by atoms with E-state index >= 15 is 0 Å². The first-order valence-corrected chi connectivity index (χ1v) is 5.11. The number of hydrazine groups is 1. The lowest BCUT2D eigenvalue weighted by Gasteiger charge is -2.36. The number of carbonyl (C=O) groups is 1. The maximum atomic E-state index is 11.5. The predicted molar refractivity (Wildman–Crippen MR) is 57.1 cm³/mol. The molecular weight excluding hydrogens is 196 g/mol. The maximum Gasteiger partial charge on any atom is 0.253 e. The summed E-state index contributed by atoms with van der Waals surface area (Å²) in [6.45, 7) is 4.07. The van der Waals surface area contributed by atoms with Crippen molar-refractivity contribution in [1.29, 1.82) is 0 Å². The SMILES string of the molecule is COCC(C(=O)NN)N1CCN(C)CC1. The highest BCUT2D eigenvalue weighted by atomic mass is 16.5. The molecule has 3 N–H and O–H groups in total. The molecule has 1 aliphatic heterocycles. The fourth-order valence-electron chi connectivity index (χ4n) is 1.73.